The minimum Gasteiger partial charge on any atom is -0.508 e. The van der Waals surface area contributed by atoms with Crippen LogP contribution >= 0.6 is 0 Å². The Kier molecular flexibility index (Phi) is 4.64. The zero-order valence-corrected chi connectivity index (χ0v) is 12.1. The first-order chi connectivity index (χ1) is 9.60. The molecule has 3 nitrogen and oxygen atoms in total. The van der Waals surface area contributed by atoms with Crippen molar-refractivity contribution in [2.75, 3.05) is 7.11 Å². The average Bonchev–Trinajstić information content (AvgIpc) is 2.47. The number of methoxy groups -OCH3 is 1. The third-order valence-corrected chi connectivity index (χ3v) is 3.49. The summed E-state index contributed by atoms with van der Waals surface area (Å²) in [6.07, 6.45) is 0. The highest BCUT2D eigenvalue weighted by Crippen LogP contribution is 2.23. The van der Waals surface area contributed by atoms with E-state index in [0.29, 0.717) is 5.75 Å². The molecule has 0 radical (unpaired) electrons. The molecule has 20 heavy (non-hydrogen) atoms. The molecule has 2 N–H and O–H groups in total. The summed E-state index contributed by atoms with van der Waals surface area (Å²) < 4.78 is 5.25. The van der Waals surface area contributed by atoms with Gasteiger partial charge in [0.2, 0.25) is 0 Å². The van der Waals surface area contributed by atoms with E-state index >= 15 is 0 Å². The van der Waals surface area contributed by atoms with Gasteiger partial charge in [0.15, 0.2) is 0 Å². The molecule has 2 aromatic carbocycles. The van der Waals surface area contributed by atoms with Gasteiger partial charge in [-0.15, -0.1) is 0 Å². The minimum atomic E-state index is 0.205. The average molecular weight is 271 g/mol. The Morgan fingerprint density at radius 1 is 0.950 bits per heavy atom. The van der Waals surface area contributed by atoms with Gasteiger partial charge in [-0.25, -0.2) is 0 Å². The lowest BCUT2D eigenvalue weighted by atomic mass is 10.0. The Morgan fingerprint density at radius 3 is 2.25 bits per heavy atom. The molecule has 0 saturated carbocycles. The standard InChI is InChI=1S/C17H21NO2/c1-12(14-7-9-16(19)10-8-14)18-13(2)15-5-4-6-17(11-15)20-3/h4-13,18-19H,1-3H3/t12?,13-/m0/s1. The molecule has 0 aliphatic carbocycles. The number of nitrogens with one attached hydrogen (secondary N) is 1. The van der Waals surface area contributed by atoms with Crippen molar-refractivity contribution in [1.29, 1.82) is 0 Å². The summed E-state index contributed by atoms with van der Waals surface area (Å²) in [4.78, 5) is 0. The Labute approximate surface area is 120 Å². The van der Waals surface area contributed by atoms with Crippen LogP contribution in [-0.2, 0) is 0 Å². The van der Waals surface area contributed by atoms with Gasteiger partial charge in [0.05, 0.1) is 7.11 Å². The fourth-order valence-electron chi connectivity index (χ4n) is 2.24. The predicted molar refractivity (Wildman–Crippen MR) is 81.1 cm³/mol. The van der Waals surface area contributed by atoms with E-state index in [9.17, 15) is 5.11 Å². The van der Waals surface area contributed by atoms with Crippen LogP contribution in [0.15, 0.2) is 48.5 Å². The van der Waals surface area contributed by atoms with E-state index in [1.54, 1.807) is 19.2 Å². The normalized spacial score (nSPS) is 13.8. The predicted octanol–water partition coefficient (Wildman–Crippen LogP) is 3.81. The van der Waals surface area contributed by atoms with Crippen LogP contribution in [0.5, 0.6) is 11.5 Å². The number of rotatable bonds is 5. The van der Waals surface area contributed by atoms with Crippen LogP contribution in [0.1, 0.15) is 37.1 Å². The van der Waals surface area contributed by atoms with Gasteiger partial charge in [-0.2, -0.15) is 0 Å². The maximum atomic E-state index is 9.32. The van der Waals surface area contributed by atoms with Crippen LogP contribution in [-0.4, -0.2) is 12.2 Å². The van der Waals surface area contributed by atoms with Gasteiger partial charge in [-0.1, -0.05) is 24.3 Å². The molecule has 2 rings (SSSR count). The molecular formula is C17H21NO2. The zero-order valence-electron chi connectivity index (χ0n) is 12.1. The van der Waals surface area contributed by atoms with Crippen LogP contribution in [0, 0.1) is 0 Å². The molecule has 0 bridgehead atoms. The van der Waals surface area contributed by atoms with Gasteiger partial charge >= 0.3 is 0 Å². The van der Waals surface area contributed by atoms with Gasteiger partial charge in [0.25, 0.3) is 0 Å². The summed E-state index contributed by atoms with van der Waals surface area (Å²) in [6, 6.07) is 15.8. The fourth-order valence-corrected chi connectivity index (χ4v) is 2.24. The molecule has 0 heterocycles. The van der Waals surface area contributed by atoms with E-state index in [1.165, 1.54) is 5.56 Å². The van der Waals surface area contributed by atoms with Crippen molar-refractivity contribution in [3.05, 3.63) is 59.7 Å². The van der Waals surface area contributed by atoms with Crippen LogP contribution < -0.4 is 10.1 Å². The van der Waals surface area contributed by atoms with Gasteiger partial charge in [0, 0.05) is 12.1 Å². The number of benzene rings is 2. The monoisotopic (exact) mass is 271 g/mol. The molecule has 0 fully saturated rings. The molecule has 3 heteroatoms. The van der Waals surface area contributed by atoms with Gasteiger partial charge in [-0.3, -0.25) is 0 Å². The largest absolute Gasteiger partial charge is 0.508 e. The zero-order chi connectivity index (χ0) is 14.5. The van der Waals surface area contributed by atoms with Crippen molar-refractivity contribution < 1.29 is 9.84 Å². The molecule has 1 unspecified atom stereocenters. The maximum absolute atomic E-state index is 9.32. The highest BCUT2D eigenvalue weighted by atomic mass is 16.5. The van der Waals surface area contributed by atoms with Crippen molar-refractivity contribution in [3.63, 3.8) is 0 Å². The first-order valence-electron chi connectivity index (χ1n) is 6.79. The second-order valence-electron chi connectivity index (χ2n) is 4.98. The summed E-state index contributed by atoms with van der Waals surface area (Å²) in [6.45, 7) is 4.24. The number of ether oxygens (including phenoxy) is 1. The van der Waals surface area contributed by atoms with Gasteiger partial charge in [-0.05, 0) is 49.2 Å². The first kappa shape index (κ1) is 14.4. The quantitative estimate of drug-likeness (QED) is 0.868. The van der Waals surface area contributed by atoms with Crippen molar-refractivity contribution in [1.82, 2.24) is 5.32 Å². The second-order valence-corrected chi connectivity index (χ2v) is 4.98. The minimum absolute atomic E-state index is 0.205. The summed E-state index contributed by atoms with van der Waals surface area (Å²) >= 11 is 0. The first-order valence-corrected chi connectivity index (χ1v) is 6.79. The lowest BCUT2D eigenvalue weighted by molar-refractivity contribution is 0.412. The third kappa shape index (κ3) is 3.52. The molecule has 106 valence electrons. The molecule has 0 aliphatic heterocycles. The number of phenols is 1. The highest BCUT2D eigenvalue weighted by molar-refractivity contribution is 5.31. The van der Waals surface area contributed by atoms with E-state index in [1.807, 2.05) is 30.3 Å². The molecule has 0 amide bonds. The number of phenolic OH excluding ortho intramolecular Hbond substituents is 1. The number of hydrogen-bond acceptors (Lipinski definition) is 3. The number of hydrogen-bond donors (Lipinski definition) is 2. The highest BCUT2D eigenvalue weighted by Gasteiger charge is 2.11. The number of aromatic hydroxyl groups is 1. The molecule has 0 aromatic heterocycles. The summed E-state index contributed by atoms with van der Waals surface area (Å²) in [5.41, 5.74) is 2.34. The third-order valence-electron chi connectivity index (χ3n) is 3.49. The van der Waals surface area contributed by atoms with E-state index in [-0.39, 0.29) is 12.1 Å². The van der Waals surface area contributed by atoms with E-state index in [0.717, 1.165) is 11.3 Å². The van der Waals surface area contributed by atoms with Crippen LogP contribution in [0.2, 0.25) is 0 Å². The molecular weight excluding hydrogens is 250 g/mol. The topological polar surface area (TPSA) is 41.5 Å². The Bertz CT molecular complexity index is 551. The summed E-state index contributed by atoms with van der Waals surface area (Å²) in [5, 5.41) is 12.9. The maximum Gasteiger partial charge on any atom is 0.119 e. The molecule has 2 atom stereocenters. The molecule has 2 aromatic rings. The van der Waals surface area contributed by atoms with Crippen molar-refractivity contribution in [2.24, 2.45) is 0 Å². The van der Waals surface area contributed by atoms with Crippen LogP contribution in [0.4, 0.5) is 0 Å². The van der Waals surface area contributed by atoms with E-state index < -0.39 is 0 Å². The van der Waals surface area contributed by atoms with E-state index in [4.69, 9.17) is 4.74 Å². The Balaban J connectivity index is 2.06. The Morgan fingerprint density at radius 2 is 1.60 bits per heavy atom. The lowest BCUT2D eigenvalue weighted by Crippen LogP contribution is -2.22. The van der Waals surface area contributed by atoms with Crippen LogP contribution in [0.25, 0.3) is 0 Å². The lowest BCUT2D eigenvalue weighted by Gasteiger charge is -2.21. The van der Waals surface area contributed by atoms with Gasteiger partial charge in [0.1, 0.15) is 11.5 Å². The summed E-state index contributed by atoms with van der Waals surface area (Å²) in [5.74, 6) is 1.16. The van der Waals surface area contributed by atoms with Crippen molar-refractivity contribution >= 4 is 0 Å². The summed E-state index contributed by atoms with van der Waals surface area (Å²) in [7, 11) is 1.68. The van der Waals surface area contributed by atoms with Crippen molar-refractivity contribution in [2.45, 2.75) is 25.9 Å². The molecule has 0 aliphatic rings. The van der Waals surface area contributed by atoms with Crippen molar-refractivity contribution in [3.8, 4) is 11.5 Å². The smallest absolute Gasteiger partial charge is 0.119 e. The SMILES string of the molecule is COc1cccc([C@H](C)NC(C)c2ccc(O)cc2)c1. The molecule has 0 saturated heterocycles. The van der Waals surface area contributed by atoms with Crippen LogP contribution in [0.3, 0.4) is 0 Å². The Hall–Kier alpha value is -2.00. The van der Waals surface area contributed by atoms with E-state index in [2.05, 4.69) is 25.2 Å². The fraction of sp³-hybridized carbons (Fsp3) is 0.294. The van der Waals surface area contributed by atoms with Gasteiger partial charge < -0.3 is 15.2 Å². The molecule has 0 spiro atoms. The second kappa shape index (κ2) is 6.44.